The molecule has 2 heterocycles. The Balaban J connectivity index is 1.93. The van der Waals surface area contributed by atoms with Crippen LogP contribution in [0.25, 0.3) is 0 Å². The van der Waals surface area contributed by atoms with Crippen LogP contribution < -0.4 is 5.32 Å². The van der Waals surface area contributed by atoms with Gasteiger partial charge in [-0.25, -0.2) is 4.98 Å². The fourth-order valence-corrected chi connectivity index (χ4v) is 2.08. The summed E-state index contributed by atoms with van der Waals surface area (Å²) in [6.45, 7) is 5.39. The van der Waals surface area contributed by atoms with Crippen molar-refractivity contribution in [1.29, 1.82) is 0 Å². The Kier molecular flexibility index (Phi) is 3.42. The van der Waals surface area contributed by atoms with Gasteiger partial charge in [0.15, 0.2) is 5.82 Å². The van der Waals surface area contributed by atoms with Gasteiger partial charge in [0, 0.05) is 19.6 Å². The van der Waals surface area contributed by atoms with E-state index in [9.17, 15) is 4.79 Å². The summed E-state index contributed by atoms with van der Waals surface area (Å²) in [6, 6.07) is 0.288. The SMILES string of the molecule is CC(C)NC1CCN(Cc2ncn(C)n2)C1=O. The van der Waals surface area contributed by atoms with Crippen LogP contribution in [0.5, 0.6) is 0 Å². The second kappa shape index (κ2) is 4.83. The molecule has 0 bridgehead atoms. The number of amides is 1. The quantitative estimate of drug-likeness (QED) is 0.795. The lowest BCUT2D eigenvalue weighted by Gasteiger charge is -2.16. The first-order valence-corrected chi connectivity index (χ1v) is 5.95. The number of hydrogen-bond acceptors (Lipinski definition) is 4. The molecule has 2 rings (SSSR count). The molecular formula is C11H19N5O. The van der Waals surface area contributed by atoms with Crippen LogP contribution in [-0.2, 0) is 18.4 Å². The number of nitrogens with zero attached hydrogens (tertiary/aromatic N) is 4. The molecule has 1 amide bonds. The predicted octanol–water partition coefficient (Wildman–Crippen LogP) is -0.0860. The second-order valence-electron chi connectivity index (χ2n) is 4.76. The summed E-state index contributed by atoms with van der Waals surface area (Å²) in [6.07, 6.45) is 2.52. The van der Waals surface area contributed by atoms with Crippen LogP contribution >= 0.6 is 0 Å². The largest absolute Gasteiger partial charge is 0.334 e. The van der Waals surface area contributed by atoms with Gasteiger partial charge in [-0.2, -0.15) is 5.10 Å². The molecule has 6 heteroatoms. The van der Waals surface area contributed by atoms with Crippen LogP contribution in [0.4, 0.5) is 0 Å². The molecule has 1 aromatic heterocycles. The zero-order chi connectivity index (χ0) is 12.4. The first-order valence-electron chi connectivity index (χ1n) is 5.95. The highest BCUT2D eigenvalue weighted by atomic mass is 16.2. The van der Waals surface area contributed by atoms with Gasteiger partial charge in [-0.05, 0) is 6.42 Å². The average Bonchev–Trinajstić information content (AvgIpc) is 2.79. The number of carbonyl (C=O) groups excluding carboxylic acids is 1. The zero-order valence-electron chi connectivity index (χ0n) is 10.6. The lowest BCUT2D eigenvalue weighted by Crippen LogP contribution is -2.41. The summed E-state index contributed by atoms with van der Waals surface area (Å²) in [7, 11) is 1.82. The van der Waals surface area contributed by atoms with E-state index < -0.39 is 0 Å². The Labute approximate surface area is 101 Å². The maximum Gasteiger partial charge on any atom is 0.240 e. The Morgan fingerprint density at radius 2 is 2.35 bits per heavy atom. The molecule has 94 valence electrons. The summed E-state index contributed by atoms with van der Waals surface area (Å²) in [4.78, 5) is 18.0. The molecular weight excluding hydrogens is 218 g/mol. The van der Waals surface area contributed by atoms with E-state index >= 15 is 0 Å². The molecule has 6 nitrogen and oxygen atoms in total. The van der Waals surface area contributed by atoms with Gasteiger partial charge >= 0.3 is 0 Å². The van der Waals surface area contributed by atoms with Gasteiger partial charge in [0.25, 0.3) is 0 Å². The minimum absolute atomic E-state index is 0.0429. The summed E-state index contributed by atoms with van der Waals surface area (Å²) < 4.78 is 1.65. The van der Waals surface area contributed by atoms with Crippen LogP contribution in [0.15, 0.2) is 6.33 Å². The van der Waals surface area contributed by atoms with Crippen molar-refractivity contribution >= 4 is 5.91 Å². The van der Waals surface area contributed by atoms with Gasteiger partial charge in [-0.15, -0.1) is 0 Å². The smallest absolute Gasteiger partial charge is 0.240 e. The van der Waals surface area contributed by atoms with E-state index in [2.05, 4.69) is 29.2 Å². The van der Waals surface area contributed by atoms with Gasteiger partial charge in [0.1, 0.15) is 6.33 Å². The molecule has 0 saturated carbocycles. The molecule has 0 spiro atoms. The highest BCUT2D eigenvalue weighted by molar-refractivity contribution is 5.83. The summed E-state index contributed by atoms with van der Waals surface area (Å²) in [5.41, 5.74) is 0. The molecule has 1 saturated heterocycles. The van der Waals surface area contributed by atoms with Crippen molar-refractivity contribution < 1.29 is 4.79 Å². The maximum absolute atomic E-state index is 12.1. The molecule has 0 aromatic carbocycles. The third-order valence-electron chi connectivity index (χ3n) is 2.81. The van der Waals surface area contributed by atoms with Crippen molar-refractivity contribution in [1.82, 2.24) is 25.0 Å². The molecule has 1 aromatic rings. The molecule has 17 heavy (non-hydrogen) atoms. The van der Waals surface area contributed by atoms with Crippen molar-refractivity contribution in [3.63, 3.8) is 0 Å². The molecule has 1 N–H and O–H groups in total. The lowest BCUT2D eigenvalue weighted by atomic mass is 10.2. The number of aromatic nitrogens is 3. The van der Waals surface area contributed by atoms with E-state index in [0.29, 0.717) is 18.4 Å². The van der Waals surface area contributed by atoms with Gasteiger partial charge in [-0.3, -0.25) is 9.48 Å². The van der Waals surface area contributed by atoms with Crippen LogP contribution in [0.3, 0.4) is 0 Å². The minimum atomic E-state index is -0.0429. The van der Waals surface area contributed by atoms with Crippen molar-refractivity contribution in [3.05, 3.63) is 12.2 Å². The maximum atomic E-state index is 12.1. The Morgan fingerprint density at radius 1 is 1.59 bits per heavy atom. The molecule has 1 unspecified atom stereocenters. The third-order valence-corrected chi connectivity index (χ3v) is 2.81. The lowest BCUT2D eigenvalue weighted by molar-refractivity contribution is -0.130. The highest BCUT2D eigenvalue weighted by Crippen LogP contribution is 2.13. The minimum Gasteiger partial charge on any atom is -0.334 e. The summed E-state index contributed by atoms with van der Waals surface area (Å²) in [5.74, 6) is 0.859. The number of hydrogen-bond donors (Lipinski definition) is 1. The number of carbonyl (C=O) groups is 1. The number of likely N-dealkylation sites (tertiary alicyclic amines) is 1. The van der Waals surface area contributed by atoms with Crippen molar-refractivity contribution in [2.75, 3.05) is 6.54 Å². The Hall–Kier alpha value is -1.43. The molecule has 1 aliphatic rings. The normalized spacial score (nSPS) is 20.6. The fourth-order valence-electron chi connectivity index (χ4n) is 2.08. The Morgan fingerprint density at radius 3 is 2.94 bits per heavy atom. The van der Waals surface area contributed by atoms with E-state index in [1.54, 1.807) is 11.0 Å². The highest BCUT2D eigenvalue weighted by Gasteiger charge is 2.32. The zero-order valence-corrected chi connectivity index (χ0v) is 10.6. The van der Waals surface area contributed by atoms with Gasteiger partial charge in [-0.1, -0.05) is 13.8 Å². The van der Waals surface area contributed by atoms with Crippen molar-refractivity contribution in [2.45, 2.75) is 38.9 Å². The Bertz CT molecular complexity index is 400. The van der Waals surface area contributed by atoms with Crippen LogP contribution in [0.2, 0.25) is 0 Å². The molecule has 0 radical (unpaired) electrons. The van der Waals surface area contributed by atoms with E-state index in [1.165, 1.54) is 0 Å². The van der Waals surface area contributed by atoms with Crippen LogP contribution in [0.1, 0.15) is 26.1 Å². The van der Waals surface area contributed by atoms with E-state index in [1.807, 2.05) is 11.9 Å². The van der Waals surface area contributed by atoms with Crippen LogP contribution in [0, 0.1) is 0 Å². The monoisotopic (exact) mass is 237 g/mol. The van der Waals surface area contributed by atoms with Gasteiger partial charge in [0.05, 0.1) is 12.6 Å². The van der Waals surface area contributed by atoms with Gasteiger partial charge < -0.3 is 10.2 Å². The number of nitrogens with one attached hydrogen (secondary N) is 1. The standard InChI is InChI=1S/C11H19N5O/c1-8(2)13-9-4-5-16(11(9)17)6-10-12-7-15(3)14-10/h7-9,13H,4-6H2,1-3H3. The van der Waals surface area contributed by atoms with Gasteiger partial charge in [0.2, 0.25) is 5.91 Å². The van der Waals surface area contributed by atoms with Crippen molar-refractivity contribution in [2.24, 2.45) is 7.05 Å². The van der Waals surface area contributed by atoms with Crippen molar-refractivity contribution in [3.8, 4) is 0 Å². The van der Waals surface area contributed by atoms with E-state index in [0.717, 1.165) is 13.0 Å². The molecule has 1 fully saturated rings. The number of aryl methyl sites for hydroxylation is 1. The summed E-state index contributed by atoms with van der Waals surface area (Å²) in [5, 5.41) is 7.46. The van der Waals surface area contributed by atoms with E-state index in [-0.39, 0.29) is 11.9 Å². The molecule has 1 aliphatic heterocycles. The first-order chi connectivity index (χ1) is 8.06. The average molecular weight is 237 g/mol. The first kappa shape index (κ1) is 12.0. The number of rotatable bonds is 4. The third kappa shape index (κ3) is 2.82. The summed E-state index contributed by atoms with van der Waals surface area (Å²) >= 11 is 0. The van der Waals surface area contributed by atoms with E-state index in [4.69, 9.17) is 0 Å². The fraction of sp³-hybridized carbons (Fsp3) is 0.727. The molecule has 0 aliphatic carbocycles. The topological polar surface area (TPSA) is 63.1 Å². The molecule has 1 atom stereocenters. The predicted molar refractivity (Wildman–Crippen MR) is 63.1 cm³/mol. The van der Waals surface area contributed by atoms with Crippen LogP contribution in [-0.4, -0.2) is 44.2 Å². The second-order valence-corrected chi connectivity index (χ2v) is 4.76.